The predicted molar refractivity (Wildman–Crippen MR) is 68.7 cm³/mol. The van der Waals surface area contributed by atoms with Crippen LogP contribution in [0.2, 0.25) is 0 Å². The Morgan fingerprint density at radius 2 is 1.55 bits per heavy atom. The molecular formula is C13H10O6S. The van der Waals surface area contributed by atoms with E-state index < -0.39 is 16.1 Å². The summed E-state index contributed by atoms with van der Waals surface area (Å²) < 4.78 is 27.9. The van der Waals surface area contributed by atoms with Gasteiger partial charge in [0.1, 0.15) is 0 Å². The minimum atomic E-state index is -4.02. The van der Waals surface area contributed by atoms with Gasteiger partial charge in [-0.05, 0) is 36.4 Å². The van der Waals surface area contributed by atoms with E-state index in [0.717, 1.165) is 0 Å². The van der Waals surface area contributed by atoms with Crippen LogP contribution in [0.4, 0.5) is 0 Å². The van der Waals surface area contributed by atoms with Gasteiger partial charge in [-0.25, -0.2) is 4.79 Å². The van der Waals surface area contributed by atoms with E-state index in [1.54, 1.807) is 18.2 Å². The van der Waals surface area contributed by atoms with Gasteiger partial charge >= 0.3 is 16.1 Å². The first-order chi connectivity index (χ1) is 9.49. The second-order valence-corrected chi connectivity index (χ2v) is 5.26. The second kappa shape index (κ2) is 5.72. The van der Waals surface area contributed by atoms with Crippen LogP contribution in [0.25, 0.3) is 0 Å². The van der Waals surface area contributed by atoms with Crippen molar-refractivity contribution in [3.05, 3.63) is 60.2 Å². The number of aromatic carboxylic acids is 1. The Hall–Kier alpha value is -2.38. The lowest BCUT2D eigenvalue weighted by Gasteiger charge is -2.05. The van der Waals surface area contributed by atoms with Gasteiger partial charge in [-0.2, -0.15) is 8.42 Å². The Kier molecular flexibility index (Phi) is 4.02. The summed E-state index contributed by atoms with van der Waals surface area (Å²) >= 11 is 0. The van der Waals surface area contributed by atoms with E-state index in [9.17, 15) is 13.2 Å². The summed E-state index contributed by atoms with van der Waals surface area (Å²) in [4.78, 5) is 15.3. The van der Waals surface area contributed by atoms with Gasteiger partial charge in [-0.3, -0.25) is 0 Å². The number of benzene rings is 2. The molecule has 0 spiro atoms. The summed E-state index contributed by atoms with van der Waals surface area (Å²) in [5, 5.41) is 8.72. The molecule has 1 N–H and O–H groups in total. The normalized spacial score (nSPS) is 11.0. The molecular weight excluding hydrogens is 284 g/mol. The molecule has 104 valence electrons. The monoisotopic (exact) mass is 294 g/mol. The van der Waals surface area contributed by atoms with E-state index in [1.807, 2.05) is 0 Å². The summed E-state index contributed by atoms with van der Waals surface area (Å²) in [6, 6.07) is 12.7. The van der Waals surface area contributed by atoms with Crippen molar-refractivity contribution in [3.8, 4) is 5.75 Å². The fourth-order valence-electron chi connectivity index (χ4n) is 1.36. The van der Waals surface area contributed by atoms with Gasteiger partial charge in [0.15, 0.2) is 5.75 Å². The van der Waals surface area contributed by atoms with Crippen LogP contribution in [0, 0.1) is 0 Å². The molecule has 0 heterocycles. The lowest BCUT2D eigenvalue weighted by Crippen LogP contribution is -2.09. The SMILES string of the molecule is O=C(O)c1ccc(OOS(=O)(=O)c2ccccc2)cc1. The minimum absolute atomic E-state index is 0.0397. The van der Waals surface area contributed by atoms with Crippen LogP contribution in [-0.4, -0.2) is 19.5 Å². The molecule has 0 radical (unpaired) electrons. The molecule has 0 aliphatic heterocycles. The number of rotatable bonds is 5. The number of carbonyl (C=O) groups is 1. The maximum Gasteiger partial charge on any atom is 0.335 e. The maximum absolute atomic E-state index is 11.7. The number of carboxylic acids is 1. The van der Waals surface area contributed by atoms with Crippen LogP contribution in [-0.2, 0) is 14.5 Å². The Labute approximate surface area is 115 Å². The lowest BCUT2D eigenvalue weighted by atomic mass is 10.2. The predicted octanol–water partition coefficient (Wildman–Crippen LogP) is 2.08. The fourth-order valence-corrected chi connectivity index (χ4v) is 2.10. The number of hydrogen-bond donors (Lipinski definition) is 1. The summed E-state index contributed by atoms with van der Waals surface area (Å²) in [7, 11) is -4.02. The summed E-state index contributed by atoms with van der Waals surface area (Å²) in [6.07, 6.45) is 0. The van der Waals surface area contributed by atoms with E-state index >= 15 is 0 Å². The maximum atomic E-state index is 11.7. The van der Waals surface area contributed by atoms with Crippen LogP contribution in [0.1, 0.15) is 10.4 Å². The first kappa shape index (κ1) is 14.0. The van der Waals surface area contributed by atoms with Crippen LogP contribution >= 0.6 is 0 Å². The quantitative estimate of drug-likeness (QED) is 0.670. The van der Waals surface area contributed by atoms with E-state index in [-0.39, 0.29) is 16.2 Å². The average molecular weight is 294 g/mol. The molecule has 0 aliphatic carbocycles. The van der Waals surface area contributed by atoms with Crippen molar-refractivity contribution in [3.63, 3.8) is 0 Å². The Morgan fingerprint density at radius 1 is 0.950 bits per heavy atom. The lowest BCUT2D eigenvalue weighted by molar-refractivity contribution is -0.0926. The van der Waals surface area contributed by atoms with Crippen molar-refractivity contribution in [1.82, 2.24) is 0 Å². The molecule has 0 fully saturated rings. The van der Waals surface area contributed by atoms with Gasteiger partial charge in [-0.15, -0.1) is 0 Å². The summed E-state index contributed by atoms with van der Waals surface area (Å²) in [5.41, 5.74) is 0.0586. The van der Waals surface area contributed by atoms with Crippen molar-refractivity contribution in [2.24, 2.45) is 0 Å². The zero-order chi connectivity index (χ0) is 14.6. The van der Waals surface area contributed by atoms with Crippen LogP contribution < -0.4 is 4.89 Å². The van der Waals surface area contributed by atoms with Gasteiger partial charge in [0.25, 0.3) is 0 Å². The highest BCUT2D eigenvalue weighted by atomic mass is 32.2. The van der Waals surface area contributed by atoms with Gasteiger partial charge in [0.2, 0.25) is 0 Å². The summed E-state index contributed by atoms with van der Waals surface area (Å²) in [6.45, 7) is 0. The standard InChI is InChI=1S/C13H10O6S/c14-13(15)10-6-8-11(9-7-10)18-19-20(16,17)12-4-2-1-3-5-12/h1-9H,(H,14,15). The van der Waals surface area contributed by atoms with Crippen LogP contribution in [0.5, 0.6) is 5.75 Å². The Balaban J connectivity index is 2.07. The highest BCUT2D eigenvalue weighted by molar-refractivity contribution is 7.86. The molecule has 0 saturated carbocycles. The number of carboxylic acid groups (broad SMARTS) is 1. The van der Waals surface area contributed by atoms with Crippen molar-refractivity contribution >= 4 is 16.1 Å². The van der Waals surface area contributed by atoms with Crippen molar-refractivity contribution in [2.75, 3.05) is 0 Å². The molecule has 20 heavy (non-hydrogen) atoms. The first-order valence-corrected chi connectivity index (χ1v) is 6.89. The molecule has 0 aliphatic rings. The molecule has 0 saturated heterocycles. The molecule has 0 bridgehead atoms. The topological polar surface area (TPSA) is 89.9 Å². The third-order valence-electron chi connectivity index (χ3n) is 2.35. The van der Waals surface area contributed by atoms with Gasteiger partial charge in [0.05, 0.1) is 10.5 Å². The molecule has 2 aromatic carbocycles. The van der Waals surface area contributed by atoms with Crippen molar-refractivity contribution in [2.45, 2.75) is 4.90 Å². The molecule has 0 unspecified atom stereocenters. The van der Waals surface area contributed by atoms with E-state index in [0.29, 0.717) is 0 Å². The second-order valence-electron chi connectivity index (χ2n) is 3.75. The summed E-state index contributed by atoms with van der Waals surface area (Å²) in [5.74, 6) is -1.01. The van der Waals surface area contributed by atoms with Crippen molar-refractivity contribution < 1.29 is 27.5 Å². The van der Waals surface area contributed by atoms with Crippen molar-refractivity contribution in [1.29, 1.82) is 0 Å². The largest absolute Gasteiger partial charge is 0.478 e. The first-order valence-electron chi connectivity index (χ1n) is 5.48. The molecule has 0 amide bonds. The Morgan fingerprint density at radius 3 is 2.10 bits per heavy atom. The highest BCUT2D eigenvalue weighted by Crippen LogP contribution is 2.16. The van der Waals surface area contributed by atoms with E-state index in [1.165, 1.54) is 36.4 Å². The van der Waals surface area contributed by atoms with Crippen LogP contribution in [0.3, 0.4) is 0 Å². The van der Waals surface area contributed by atoms with E-state index in [2.05, 4.69) is 9.22 Å². The Bertz CT molecular complexity index is 691. The zero-order valence-electron chi connectivity index (χ0n) is 10.1. The zero-order valence-corrected chi connectivity index (χ0v) is 10.9. The van der Waals surface area contributed by atoms with Gasteiger partial charge in [0, 0.05) is 0 Å². The van der Waals surface area contributed by atoms with Crippen LogP contribution in [0.15, 0.2) is 59.5 Å². The number of hydrogen-bond acceptors (Lipinski definition) is 5. The smallest absolute Gasteiger partial charge is 0.335 e. The van der Waals surface area contributed by atoms with E-state index in [4.69, 9.17) is 5.11 Å². The molecule has 7 heteroatoms. The highest BCUT2D eigenvalue weighted by Gasteiger charge is 2.16. The molecule has 0 atom stereocenters. The third kappa shape index (κ3) is 3.34. The fraction of sp³-hybridized carbons (Fsp3) is 0. The third-order valence-corrected chi connectivity index (χ3v) is 3.45. The molecule has 0 aromatic heterocycles. The minimum Gasteiger partial charge on any atom is -0.478 e. The molecule has 6 nitrogen and oxygen atoms in total. The molecule has 2 aromatic rings. The average Bonchev–Trinajstić information content (AvgIpc) is 2.46. The molecule has 2 rings (SSSR count). The van der Waals surface area contributed by atoms with Gasteiger partial charge in [-0.1, -0.05) is 22.5 Å². The van der Waals surface area contributed by atoms with Gasteiger partial charge < -0.3 is 9.99 Å².